The topological polar surface area (TPSA) is 107 Å². The molecule has 8 nitrogen and oxygen atoms in total. The number of anilines is 1. The first kappa shape index (κ1) is 26.1. The molecule has 3 fully saturated rings. The summed E-state index contributed by atoms with van der Waals surface area (Å²) in [6.07, 6.45) is 1.63. The van der Waals surface area contributed by atoms with E-state index in [4.69, 9.17) is 16.3 Å². The molecule has 3 aliphatic rings. The van der Waals surface area contributed by atoms with Crippen molar-refractivity contribution in [3.63, 3.8) is 0 Å². The molecule has 3 unspecified atom stereocenters. The fraction of sp³-hybridized carbons (Fsp3) is 0.560. The summed E-state index contributed by atoms with van der Waals surface area (Å²) >= 11 is 9.59. The molecule has 3 aliphatic heterocycles. The third kappa shape index (κ3) is 4.20. The number of nitrogens with zero attached hydrogens (tertiary/aromatic N) is 2. The van der Waals surface area contributed by atoms with Gasteiger partial charge >= 0.3 is 5.97 Å². The lowest BCUT2D eigenvalue weighted by Gasteiger charge is -2.39. The molecule has 10 heteroatoms. The minimum atomic E-state index is -1.31. The number of carbonyl (C=O) groups is 3. The molecule has 35 heavy (non-hydrogen) atoms. The molecule has 0 saturated carbocycles. The number of hydrogen-bond donors (Lipinski definition) is 2. The second kappa shape index (κ2) is 9.84. The first-order valence-corrected chi connectivity index (χ1v) is 13.0. The maximum Gasteiger partial charge on any atom is 0.310 e. The van der Waals surface area contributed by atoms with Crippen LogP contribution in [0.25, 0.3) is 0 Å². The standard InChI is InChI=1S/C25H30BrClN2O6/c1-4-9-28(15-7-5-14(27)6-8-15)23(32)21-25-11-17(26)20(35-25)18(24(33)34)19(25)22(31)29(21)16(12-30)10-13(2)3/h4-8,13,16-21,30H,1,9-12H2,2-3H3,(H,33,34)/t16-,17?,18-,19+,20-,21?,25?/m1/s1. The molecule has 1 spiro atoms. The van der Waals surface area contributed by atoms with Crippen LogP contribution in [0, 0.1) is 17.8 Å². The molecule has 0 aliphatic carbocycles. The number of halogens is 2. The van der Waals surface area contributed by atoms with Crippen molar-refractivity contribution in [1.29, 1.82) is 0 Å². The monoisotopic (exact) mass is 568 g/mol. The Labute approximate surface area is 218 Å². The SMILES string of the molecule is C=CCN(C(=O)C1N([C@@H](CO)CC(C)C)C(=O)[C@@H]2[C@@H](C(=O)O)[C@@H]3OC12CC3Br)c1ccc(Cl)cc1. The van der Waals surface area contributed by atoms with Gasteiger partial charge in [0.2, 0.25) is 5.91 Å². The summed E-state index contributed by atoms with van der Waals surface area (Å²) in [7, 11) is 0. The highest BCUT2D eigenvalue weighted by Crippen LogP contribution is 2.60. The fourth-order valence-electron chi connectivity index (χ4n) is 6.06. The molecule has 0 radical (unpaired) electrons. The lowest BCUT2D eigenvalue weighted by atomic mass is 9.70. The van der Waals surface area contributed by atoms with Crippen LogP contribution in [-0.4, -0.2) is 74.7 Å². The largest absolute Gasteiger partial charge is 0.481 e. The predicted octanol–water partition coefficient (Wildman–Crippen LogP) is 3.10. The van der Waals surface area contributed by atoms with Crippen molar-refractivity contribution in [2.75, 3.05) is 18.1 Å². The summed E-state index contributed by atoms with van der Waals surface area (Å²) < 4.78 is 6.32. The van der Waals surface area contributed by atoms with Crippen LogP contribution in [0.5, 0.6) is 0 Å². The van der Waals surface area contributed by atoms with Gasteiger partial charge in [-0.25, -0.2) is 0 Å². The Morgan fingerprint density at radius 1 is 1.37 bits per heavy atom. The van der Waals surface area contributed by atoms with E-state index in [1.54, 1.807) is 30.3 Å². The Morgan fingerprint density at radius 3 is 2.57 bits per heavy atom. The molecule has 2 amide bonds. The van der Waals surface area contributed by atoms with E-state index in [-0.39, 0.29) is 23.9 Å². The lowest BCUT2D eigenvalue weighted by Crippen LogP contribution is -2.59. The van der Waals surface area contributed by atoms with Gasteiger partial charge in [0, 0.05) is 22.1 Å². The highest BCUT2D eigenvalue weighted by atomic mass is 79.9. The summed E-state index contributed by atoms with van der Waals surface area (Å²) in [5.41, 5.74) is -0.750. The molecule has 4 rings (SSSR count). The number of amides is 2. The predicted molar refractivity (Wildman–Crippen MR) is 135 cm³/mol. The first-order chi connectivity index (χ1) is 16.6. The number of hydrogen-bond acceptors (Lipinski definition) is 5. The maximum absolute atomic E-state index is 14.3. The molecule has 3 saturated heterocycles. The molecule has 1 aromatic rings. The molecule has 2 N–H and O–H groups in total. The van der Waals surface area contributed by atoms with Crippen LogP contribution in [0.4, 0.5) is 5.69 Å². The van der Waals surface area contributed by atoms with Crippen molar-refractivity contribution in [3.05, 3.63) is 41.9 Å². The zero-order chi connectivity index (χ0) is 25.7. The fourth-order valence-corrected chi connectivity index (χ4v) is 7.13. The van der Waals surface area contributed by atoms with E-state index in [9.17, 15) is 24.6 Å². The van der Waals surface area contributed by atoms with E-state index in [0.717, 1.165) is 0 Å². The molecular formula is C25H30BrClN2O6. The molecule has 1 aromatic carbocycles. The molecular weight excluding hydrogens is 540 g/mol. The van der Waals surface area contributed by atoms with Crippen molar-refractivity contribution < 1.29 is 29.3 Å². The van der Waals surface area contributed by atoms with Gasteiger partial charge in [0.1, 0.15) is 11.6 Å². The van der Waals surface area contributed by atoms with E-state index in [1.807, 2.05) is 13.8 Å². The first-order valence-electron chi connectivity index (χ1n) is 11.7. The lowest BCUT2D eigenvalue weighted by molar-refractivity contribution is -0.151. The van der Waals surface area contributed by atoms with E-state index in [1.165, 1.54) is 9.80 Å². The number of aliphatic carboxylic acids is 1. The Kier molecular flexibility index (Phi) is 7.35. The van der Waals surface area contributed by atoms with Crippen molar-refractivity contribution in [2.45, 2.75) is 55.3 Å². The molecule has 2 bridgehead atoms. The van der Waals surface area contributed by atoms with Crippen LogP contribution in [0.3, 0.4) is 0 Å². The molecule has 7 atom stereocenters. The Bertz CT molecular complexity index is 1020. The van der Waals surface area contributed by atoms with Gasteiger partial charge in [-0.2, -0.15) is 0 Å². The number of carbonyl (C=O) groups excluding carboxylic acids is 2. The summed E-state index contributed by atoms with van der Waals surface area (Å²) in [6, 6.07) is 5.00. The van der Waals surface area contributed by atoms with Crippen LogP contribution in [-0.2, 0) is 19.1 Å². The minimum absolute atomic E-state index is 0.130. The number of benzene rings is 1. The number of ether oxygens (including phenoxy) is 1. The zero-order valence-electron chi connectivity index (χ0n) is 19.6. The quantitative estimate of drug-likeness (QED) is 0.350. The number of aliphatic hydroxyl groups excluding tert-OH is 1. The summed E-state index contributed by atoms with van der Waals surface area (Å²) in [4.78, 5) is 43.1. The Hall–Kier alpha value is -1.94. The normalized spacial score (nSPS) is 32.1. The maximum atomic E-state index is 14.3. The van der Waals surface area contributed by atoms with Gasteiger partial charge in [-0.15, -0.1) is 6.58 Å². The van der Waals surface area contributed by atoms with E-state index in [0.29, 0.717) is 23.6 Å². The number of fused-ring (bicyclic) bond motifs is 1. The minimum Gasteiger partial charge on any atom is -0.481 e. The van der Waals surface area contributed by atoms with Gasteiger partial charge in [-0.3, -0.25) is 14.4 Å². The van der Waals surface area contributed by atoms with Gasteiger partial charge in [-0.1, -0.05) is 47.5 Å². The molecule has 0 aromatic heterocycles. The molecule has 190 valence electrons. The van der Waals surface area contributed by atoms with Gasteiger partial charge in [0.05, 0.1) is 30.6 Å². The van der Waals surface area contributed by atoms with Crippen molar-refractivity contribution in [2.24, 2.45) is 17.8 Å². The Balaban J connectivity index is 1.85. The van der Waals surface area contributed by atoms with Crippen LogP contribution < -0.4 is 4.90 Å². The average Bonchev–Trinajstić information content (AvgIpc) is 3.39. The third-order valence-corrected chi connectivity index (χ3v) is 8.41. The number of likely N-dealkylation sites (tertiary alicyclic amines) is 1. The number of rotatable bonds is 9. The van der Waals surface area contributed by atoms with E-state index < -0.39 is 53.4 Å². The van der Waals surface area contributed by atoms with E-state index >= 15 is 0 Å². The Morgan fingerprint density at radius 2 is 2.03 bits per heavy atom. The highest BCUT2D eigenvalue weighted by molar-refractivity contribution is 9.09. The van der Waals surface area contributed by atoms with Crippen LogP contribution in [0.2, 0.25) is 5.02 Å². The smallest absolute Gasteiger partial charge is 0.310 e. The molecule has 3 heterocycles. The van der Waals surface area contributed by atoms with Gasteiger partial charge in [-0.05, 0) is 43.0 Å². The van der Waals surface area contributed by atoms with Crippen molar-refractivity contribution >= 4 is 51.0 Å². The summed E-state index contributed by atoms with van der Waals surface area (Å²) in [6.45, 7) is 7.53. The van der Waals surface area contributed by atoms with Crippen LogP contribution in [0.1, 0.15) is 26.7 Å². The van der Waals surface area contributed by atoms with E-state index in [2.05, 4.69) is 22.5 Å². The van der Waals surface area contributed by atoms with Crippen LogP contribution >= 0.6 is 27.5 Å². The van der Waals surface area contributed by atoms with Crippen molar-refractivity contribution in [3.8, 4) is 0 Å². The number of aliphatic hydroxyl groups is 1. The van der Waals surface area contributed by atoms with Gasteiger partial charge < -0.3 is 24.7 Å². The summed E-state index contributed by atoms with van der Waals surface area (Å²) in [5, 5.41) is 20.8. The zero-order valence-corrected chi connectivity index (χ0v) is 22.0. The van der Waals surface area contributed by atoms with Gasteiger partial charge in [0.25, 0.3) is 5.91 Å². The third-order valence-electron chi connectivity index (χ3n) is 7.31. The van der Waals surface area contributed by atoms with Crippen molar-refractivity contribution in [1.82, 2.24) is 4.90 Å². The second-order valence-electron chi connectivity index (χ2n) is 9.93. The highest BCUT2D eigenvalue weighted by Gasteiger charge is 2.77. The average molecular weight is 570 g/mol. The number of carboxylic acids is 1. The summed E-state index contributed by atoms with van der Waals surface area (Å²) in [5.74, 6) is -3.95. The number of carboxylic acid groups (broad SMARTS) is 1. The van der Waals surface area contributed by atoms with Crippen LogP contribution in [0.15, 0.2) is 36.9 Å². The second-order valence-corrected chi connectivity index (χ2v) is 11.5. The number of alkyl halides is 1. The van der Waals surface area contributed by atoms with Gasteiger partial charge in [0.15, 0.2) is 0 Å².